The zero-order valence-corrected chi connectivity index (χ0v) is 44.9. The highest BCUT2D eigenvalue weighted by atomic mass is 16.6. The van der Waals surface area contributed by atoms with Gasteiger partial charge in [0.2, 0.25) is 0 Å². The lowest BCUT2D eigenvalue weighted by Gasteiger charge is -2.18. The Kier molecular flexibility index (Phi) is 54.2. The molecule has 392 valence electrons. The van der Waals surface area contributed by atoms with Crippen molar-refractivity contribution in [1.82, 2.24) is 0 Å². The molecule has 0 aromatic rings. The first-order chi connectivity index (χ1) is 33.0. The Morgan fingerprint density at radius 2 is 0.582 bits per heavy atom. The molecule has 0 radical (unpaired) electrons. The Morgan fingerprint density at radius 1 is 0.313 bits per heavy atom. The first-order valence-corrected chi connectivity index (χ1v) is 29.5. The average molecular weight is 942 g/mol. The van der Waals surface area contributed by atoms with Gasteiger partial charge >= 0.3 is 17.9 Å². The molecule has 0 spiro atoms. The van der Waals surface area contributed by atoms with E-state index in [9.17, 15) is 14.4 Å². The minimum atomic E-state index is -0.775. The third kappa shape index (κ3) is 54.4. The molecule has 0 aromatic heterocycles. The summed E-state index contributed by atoms with van der Waals surface area (Å²) in [6.07, 6.45) is 67.1. The number of hydrogen-bond acceptors (Lipinski definition) is 6. The van der Waals surface area contributed by atoms with Crippen LogP contribution in [0.1, 0.15) is 316 Å². The van der Waals surface area contributed by atoms with Gasteiger partial charge in [-0.25, -0.2) is 0 Å². The second-order valence-corrected chi connectivity index (χ2v) is 19.9. The normalized spacial score (nSPS) is 12.2. The molecule has 67 heavy (non-hydrogen) atoms. The zero-order chi connectivity index (χ0) is 48.6. The van der Waals surface area contributed by atoms with E-state index < -0.39 is 6.10 Å². The molecule has 0 aliphatic heterocycles. The van der Waals surface area contributed by atoms with Crippen LogP contribution in [0.3, 0.4) is 0 Å². The summed E-state index contributed by atoms with van der Waals surface area (Å²) in [5, 5.41) is 0. The fourth-order valence-corrected chi connectivity index (χ4v) is 8.75. The number of rotatable bonds is 54. The Bertz CT molecular complexity index is 1130. The van der Waals surface area contributed by atoms with Crippen LogP contribution < -0.4 is 0 Å². The molecule has 0 aliphatic rings. The van der Waals surface area contributed by atoms with Gasteiger partial charge in [-0.1, -0.05) is 282 Å². The molecule has 6 nitrogen and oxygen atoms in total. The van der Waals surface area contributed by atoms with Crippen molar-refractivity contribution in [1.29, 1.82) is 0 Å². The topological polar surface area (TPSA) is 78.9 Å². The van der Waals surface area contributed by atoms with Crippen molar-refractivity contribution in [2.45, 2.75) is 322 Å². The molecule has 0 bridgehead atoms. The van der Waals surface area contributed by atoms with Crippen molar-refractivity contribution in [3.05, 3.63) is 36.5 Å². The van der Waals surface area contributed by atoms with Crippen molar-refractivity contribution >= 4 is 17.9 Å². The monoisotopic (exact) mass is 941 g/mol. The lowest BCUT2D eigenvalue weighted by molar-refractivity contribution is -0.167. The first-order valence-electron chi connectivity index (χ1n) is 29.5. The summed E-state index contributed by atoms with van der Waals surface area (Å²) in [7, 11) is 0. The van der Waals surface area contributed by atoms with Crippen LogP contribution in [0.15, 0.2) is 36.5 Å². The van der Waals surface area contributed by atoms with E-state index in [0.29, 0.717) is 19.3 Å². The fraction of sp³-hybridized carbons (Fsp3) is 0.852. The minimum absolute atomic E-state index is 0.0725. The molecular weight excluding hydrogens is 829 g/mol. The van der Waals surface area contributed by atoms with Crippen molar-refractivity contribution in [3.8, 4) is 0 Å². The molecule has 0 saturated carbocycles. The zero-order valence-electron chi connectivity index (χ0n) is 44.9. The molecular formula is C61H112O6. The van der Waals surface area contributed by atoms with E-state index in [1.807, 2.05) is 0 Å². The molecule has 0 rings (SSSR count). The van der Waals surface area contributed by atoms with Gasteiger partial charge in [-0.15, -0.1) is 0 Å². The van der Waals surface area contributed by atoms with Crippen LogP contribution in [0.4, 0.5) is 0 Å². The van der Waals surface area contributed by atoms with Gasteiger partial charge in [-0.3, -0.25) is 14.4 Å². The predicted molar refractivity (Wildman–Crippen MR) is 289 cm³/mol. The second-order valence-electron chi connectivity index (χ2n) is 19.9. The molecule has 0 saturated heterocycles. The summed E-state index contributed by atoms with van der Waals surface area (Å²) in [6.45, 7) is 6.57. The van der Waals surface area contributed by atoms with E-state index in [4.69, 9.17) is 14.2 Å². The highest BCUT2D eigenvalue weighted by molar-refractivity contribution is 5.71. The van der Waals surface area contributed by atoms with Crippen LogP contribution >= 0.6 is 0 Å². The highest BCUT2D eigenvalue weighted by Crippen LogP contribution is 2.17. The predicted octanol–water partition coefficient (Wildman–Crippen LogP) is 19.7. The maximum absolute atomic E-state index is 12.9. The van der Waals surface area contributed by atoms with Crippen molar-refractivity contribution in [3.63, 3.8) is 0 Å². The van der Waals surface area contributed by atoms with Gasteiger partial charge in [-0.05, 0) is 51.4 Å². The van der Waals surface area contributed by atoms with Crippen LogP contribution in [0.2, 0.25) is 0 Å². The number of ether oxygens (including phenoxy) is 3. The third-order valence-electron chi connectivity index (χ3n) is 13.2. The molecule has 0 amide bonds. The number of unbranched alkanes of at least 4 members (excludes halogenated alkanes) is 37. The van der Waals surface area contributed by atoms with Gasteiger partial charge in [-0.2, -0.15) is 0 Å². The van der Waals surface area contributed by atoms with Crippen molar-refractivity contribution < 1.29 is 28.6 Å². The van der Waals surface area contributed by atoms with Crippen LogP contribution in [-0.2, 0) is 28.6 Å². The molecule has 0 fully saturated rings. The van der Waals surface area contributed by atoms with Gasteiger partial charge in [0, 0.05) is 19.3 Å². The maximum Gasteiger partial charge on any atom is 0.306 e. The molecule has 0 aliphatic carbocycles. The number of hydrogen-bond donors (Lipinski definition) is 0. The van der Waals surface area contributed by atoms with Crippen LogP contribution in [-0.4, -0.2) is 37.2 Å². The lowest BCUT2D eigenvalue weighted by Crippen LogP contribution is -2.30. The first kappa shape index (κ1) is 64.6. The number of allylic oxidation sites excluding steroid dienone is 6. The quantitative estimate of drug-likeness (QED) is 0.0262. The summed E-state index contributed by atoms with van der Waals surface area (Å²) < 4.78 is 16.9. The van der Waals surface area contributed by atoms with E-state index in [1.165, 1.54) is 180 Å². The van der Waals surface area contributed by atoms with Crippen LogP contribution in [0.25, 0.3) is 0 Å². The second kappa shape index (κ2) is 56.2. The summed E-state index contributed by atoms with van der Waals surface area (Å²) in [5.74, 6) is -0.869. The van der Waals surface area contributed by atoms with Gasteiger partial charge in [0.25, 0.3) is 0 Å². The summed E-state index contributed by atoms with van der Waals surface area (Å²) in [5.41, 5.74) is 0. The highest BCUT2D eigenvalue weighted by Gasteiger charge is 2.19. The molecule has 0 aromatic carbocycles. The van der Waals surface area contributed by atoms with E-state index in [0.717, 1.165) is 96.3 Å². The molecule has 6 heteroatoms. The van der Waals surface area contributed by atoms with Crippen molar-refractivity contribution in [2.24, 2.45) is 0 Å². The van der Waals surface area contributed by atoms with Gasteiger partial charge in [0.05, 0.1) is 0 Å². The molecule has 0 N–H and O–H groups in total. The third-order valence-corrected chi connectivity index (χ3v) is 13.2. The van der Waals surface area contributed by atoms with Gasteiger partial charge in [0.1, 0.15) is 13.2 Å². The Balaban J connectivity index is 4.34. The lowest BCUT2D eigenvalue weighted by atomic mass is 10.0. The number of carbonyl (C=O) groups excluding carboxylic acids is 3. The van der Waals surface area contributed by atoms with Crippen LogP contribution in [0.5, 0.6) is 0 Å². The number of esters is 3. The van der Waals surface area contributed by atoms with Gasteiger partial charge < -0.3 is 14.2 Å². The van der Waals surface area contributed by atoms with E-state index in [2.05, 4.69) is 57.2 Å². The van der Waals surface area contributed by atoms with E-state index in [1.54, 1.807) is 0 Å². The molecule has 0 unspecified atom stereocenters. The van der Waals surface area contributed by atoms with E-state index in [-0.39, 0.29) is 31.1 Å². The molecule has 1 atom stereocenters. The maximum atomic E-state index is 12.9. The number of carbonyl (C=O) groups is 3. The minimum Gasteiger partial charge on any atom is -0.462 e. The Hall–Kier alpha value is -2.37. The van der Waals surface area contributed by atoms with Crippen molar-refractivity contribution in [2.75, 3.05) is 13.2 Å². The standard InChI is InChI=1S/C61H112O6/c1-4-7-10-13-16-19-22-25-28-30-33-36-39-42-45-48-51-54-60(63)66-57-58(56-65-59(62)53-50-47-44-41-38-35-32-27-24-21-18-15-12-9-6-3)67-61(64)55-52-49-46-43-40-37-34-31-29-26-23-20-17-14-11-8-5-2/h9,12,18,21,27,32,58H,4-8,10-11,13-17,19-20,22-26,28-31,33-57H2,1-3H3/b12-9+,21-18+,32-27+/t58-/m1/s1. The average Bonchev–Trinajstić information content (AvgIpc) is 3.33. The van der Waals surface area contributed by atoms with Crippen LogP contribution in [0, 0.1) is 0 Å². The fourth-order valence-electron chi connectivity index (χ4n) is 8.75. The summed E-state index contributed by atoms with van der Waals surface area (Å²) in [6, 6.07) is 0. The van der Waals surface area contributed by atoms with Gasteiger partial charge in [0.15, 0.2) is 6.10 Å². The Morgan fingerprint density at radius 3 is 0.910 bits per heavy atom. The summed E-state index contributed by atoms with van der Waals surface area (Å²) >= 11 is 0. The van der Waals surface area contributed by atoms with E-state index >= 15 is 0 Å². The Labute approximate surface area is 416 Å². The summed E-state index contributed by atoms with van der Waals surface area (Å²) in [4.78, 5) is 38.2. The smallest absolute Gasteiger partial charge is 0.306 e. The SMILES string of the molecule is CC/C=C/C/C=C/C/C=C/CCCCCCCC(=O)OC[C@H](COC(=O)CCCCCCCCCCCCCCCCCCC)OC(=O)CCCCCCCCCCCCCCCCCCC. The molecule has 0 heterocycles. The largest absolute Gasteiger partial charge is 0.462 e.